The second-order valence-electron chi connectivity index (χ2n) is 4.34. The van der Waals surface area contributed by atoms with Crippen molar-refractivity contribution < 1.29 is 4.79 Å². The fraction of sp³-hybridized carbons (Fsp3) is 0.286. The van der Waals surface area contributed by atoms with Gasteiger partial charge in [-0.05, 0) is 31.5 Å². The molecule has 1 N–H and O–H groups in total. The average Bonchev–Trinajstić information content (AvgIpc) is 2.78. The molecule has 0 spiro atoms. The van der Waals surface area contributed by atoms with Gasteiger partial charge in [0, 0.05) is 34.6 Å². The van der Waals surface area contributed by atoms with E-state index in [0.717, 1.165) is 22.0 Å². The minimum atomic E-state index is -0.0155. The third kappa shape index (κ3) is 3.78. The van der Waals surface area contributed by atoms with Gasteiger partial charge in [0.25, 0.3) is 0 Å². The molecule has 100 valence electrons. The Bertz CT molecular complexity index is 595. The molecule has 0 saturated carbocycles. The molecule has 0 aliphatic heterocycles. The Morgan fingerprint density at radius 2 is 2.21 bits per heavy atom. The van der Waals surface area contributed by atoms with E-state index in [1.807, 2.05) is 37.4 Å². The Balaban J connectivity index is 1.92. The lowest BCUT2D eigenvalue weighted by molar-refractivity contribution is -0.116. The van der Waals surface area contributed by atoms with Crippen LogP contribution in [0.4, 0.5) is 5.69 Å². The number of aromatic nitrogens is 1. The van der Waals surface area contributed by atoms with Crippen LogP contribution in [0.1, 0.15) is 22.7 Å². The molecular formula is C14H15ClN2OS. The lowest BCUT2D eigenvalue weighted by atomic mass is 10.2. The number of thiazole rings is 1. The minimum absolute atomic E-state index is 0.0155. The van der Waals surface area contributed by atoms with Crippen molar-refractivity contribution in [1.29, 1.82) is 0 Å². The summed E-state index contributed by atoms with van der Waals surface area (Å²) in [5, 5.41) is 6.53. The van der Waals surface area contributed by atoms with Crippen LogP contribution in [0.5, 0.6) is 0 Å². The molecule has 0 aliphatic carbocycles. The van der Waals surface area contributed by atoms with Gasteiger partial charge in [0.05, 0.1) is 5.01 Å². The number of anilines is 1. The van der Waals surface area contributed by atoms with Crippen molar-refractivity contribution >= 4 is 34.5 Å². The molecular weight excluding hydrogens is 280 g/mol. The zero-order valence-electron chi connectivity index (χ0n) is 10.9. The van der Waals surface area contributed by atoms with Crippen LogP contribution in [0.2, 0.25) is 5.02 Å². The first-order valence-electron chi connectivity index (χ1n) is 6.02. The number of benzene rings is 1. The number of aryl methyl sites for hydroxylation is 2. The number of halogens is 1. The van der Waals surface area contributed by atoms with Crippen molar-refractivity contribution in [3.63, 3.8) is 0 Å². The van der Waals surface area contributed by atoms with Crippen molar-refractivity contribution in [1.82, 2.24) is 4.98 Å². The number of carbonyl (C=O) groups is 1. The predicted octanol–water partition coefficient (Wildman–Crippen LogP) is 3.98. The molecule has 2 aromatic rings. The molecule has 1 aromatic heterocycles. The van der Waals surface area contributed by atoms with Crippen molar-refractivity contribution in [2.24, 2.45) is 0 Å². The van der Waals surface area contributed by atoms with Gasteiger partial charge in [0.1, 0.15) is 0 Å². The second-order valence-corrected chi connectivity index (χ2v) is 5.69. The van der Waals surface area contributed by atoms with E-state index in [4.69, 9.17) is 11.6 Å². The molecule has 19 heavy (non-hydrogen) atoms. The first-order valence-corrected chi connectivity index (χ1v) is 7.28. The van der Waals surface area contributed by atoms with Crippen molar-refractivity contribution in [2.75, 3.05) is 5.32 Å². The Morgan fingerprint density at radius 1 is 1.42 bits per heavy atom. The van der Waals surface area contributed by atoms with Gasteiger partial charge in [-0.3, -0.25) is 4.79 Å². The molecule has 0 radical (unpaired) electrons. The standard InChI is InChI=1S/C14H15ClN2OS/c1-9-8-19-14(16-9)7-6-13(18)17-12-5-3-4-11(15)10(12)2/h3-5,8H,6-7H2,1-2H3,(H,17,18). The summed E-state index contributed by atoms with van der Waals surface area (Å²) in [5.41, 5.74) is 2.67. The Hall–Kier alpha value is -1.39. The van der Waals surface area contributed by atoms with Crippen molar-refractivity contribution in [3.05, 3.63) is 44.9 Å². The summed E-state index contributed by atoms with van der Waals surface area (Å²) in [6.07, 6.45) is 1.10. The fourth-order valence-electron chi connectivity index (χ4n) is 1.69. The molecule has 1 aromatic carbocycles. The summed E-state index contributed by atoms with van der Waals surface area (Å²) in [6, 6.07) is 5.49. The van der Waals surface area contributed by atoms with Crippen LogP contribution >= 0.6 is 22.9 Å². The van der Waals surface area contributed by atoms with E-state index >= 15 is 0 Å². The average molecular weight is 295 g/mol. The van der Waals surface area contributed by atoms with Crippen LogP contribution in [0, 0.1) is 13.8 Å². The van der Waals surface area contributed by atoms with Gasteiger partial charge >= 0.3 is 0 Å². The fourth-order valence-corrected chi connectivity index (χ4v) is 2.64. The number of amides is 1. The summed E-state index contributed by atoms with van der Waals surface area (Å²) >= 11 is 7.60. The molecule has 0 fully saturated rings. The van der Waals surface area contributed by atoms with Gasteiger partial charge < -0.3 is 5.32 Å². The van der Waals surface area contributed by atoms with Crippen molar-refractivity contribution in [2.45, 2.75) is 26.7 Å². The maximum atomic E-state index is 11.9. The summed E-state index contributed by atoms with van der Waals surface area (Å²) in [4.78, 5) is 16.2. The number of rotatable bonds is 4. The van der Waals surface area contributed by atoms with Gasteiger partial charge in [-0.1, -0.05) is 17.7 Å². The smallest absolute Gasteiger partial charge is 0.224 e. The molecule has 2 rings (SSSR count). The monoisotopic (exact) mass is 294 g/mol. The van der Waals surface area contributed by atoms with Crippen LogP contribution in [0.15, 0.2) is 23.6 Å². The van der Waals surface area contributed by atoms with Crippen LogP contribution in [-0.2, 0) is 11.2 Å². The third-order valence-corrected chi connectivity index (χ3v) is 4.21. The van der Waals surface area contributed by atoms with Crippen LogP contribution < -0.4 is 5.32 Å². The third-order valence-electron chi connectivity index (χ3n) is 2.77. The molecule has 0 saturated heterocycles. The SMILES string of the molecule is Cc1csc(CCC(=O)Nc2cccc(Cl)c2C)n1. The number of nitrogens with one attached hydrogen (secondary N) is 1. The number of nitrogens with zero attached hydrogens (tertiary/aromatic N) is 1. The Kier molecular flexibility index (Phi) is 4.56. The predicted molar refractivity (Wildman–Crippen MR) is 80.0 cm³/mol. The second kappa shape index (κ2) is 6.17. The number of hydrogen-bond donors (Lipinski definition) is 1. The highest BCUT2D eigenvalue weighted by molar-refractivity contribution is 7.09. The molecule has 0 bridgehead atoms. The maximum Gasteiger partial charge on any atom is 0.224 e. The van der Waals surface area contributed by atoms with Gasteiger partial charge in [0.15, 0.2) is 0 Å². The lowest BCUT2D eigenvalue weighted by Crippen LogP contribution is -2.13. The molecule has 0 aliphatic rings. The topological polar surface area (TPSA) is 42.0 Å². The van der Waals surface area contributed by atoms with Crippen LogP contribution in [0.3, 0.4) is 0 Å². The highest BCUT2D eigenvalue weighted by atomic mass is 35.5. The van der Waals surface area contributed by atoms with Gasteiger partial charge in [-0.2, -0.15) is 0 Å². The van der Waals surface area contributed by atoms with E-state index < -0.39 is 0 Å². The number of carbonyl (C=O) groups excluding carboxylic acids is 1. The quantitative estimate of drug-likeness (QED) is 0.926. The minimum Gasteiger partial charge on any atom is -0.326 e. The van der Waals surface area contributed by atoms with Crippen LogP contribution in [0.25, 0.3) is 0 Å². The Morgan fingerprint density at radius 3 is 2.89 bits per heavy atom. The maximum absolute atomic E-state index is 11.9. The highest BCUT2D eigenvalue weighted by Gasteiger charge is 2.08. The summed E-state index contributed by atoms with van der Waals surface area (Å²) < 4.78 is 0. The Labute approximate surface area is 121 Å². The molecule has 1 amide bonds. The van der Waals surface area contributed by atoms with E-state index in [2.05, 4.69) is 10.3 Å². The molecule has 0 atom stereocenters. The molecule has 5 heteroatoms. The summed E-state index contributed by atoms with van der Waals surface area (Å²) in [5.74, 6) is -0.0155. The van der Waals surface area contributed by atoms with E-state index in [1.54, 1.807) is 11.3 Å². The normalized spacial score (nSPS) is 10.5. The zero-order valence-corrected chi connectivity index (χ0v) is 12.4. The number of hydrogen-bond acceptors (Lipinski definition) is 3. The van der Waals surface area contributed by atoms with Crippen LogP contribution in [-0.4, -0.2) is 10.9 Å². The first kappa shape index (κ1) is 14.0. The molecule has 3 nitrogen and oxygen atoms in total. The van der Waals surface area contributed by atoms with Crippen molar-refractivity contribution in [3.8, 4) is 0 Å². The largest absolute Gasteiger partial charge is 0.326 e. The van der Waals surface area contributed by atoms with E-state index in [0.29, 0.717) is 17.9 Å². The van der Waals surface area contributed by atoms with E-state index in [1.165, 1.54) is 0 Å². The van der Waals surface area contributed by atoms with E-state index in [9.17, 15) is 4.79 Å². The zero-order chi connectivity index (χ0) is 13.8. The van der Waals surface area contributed by atoms with Gasteiger partial charge in [-0.25, -0.2) is 4.98 Å². The summed E-state index contributed by atoms with van der Waals surface area (Å²) in [7, 11) is 0. The van der Waals surface area contributed by atoms with Gasteiger partial charge in [0.2, 0.25) is 5.91 Å². The van der Waals surface area contributed by atoms with Gasteiger partial charge in [-0.15, -0.1) is 11.3 Å². The first-order chi connectivity index (χ1) is 9.06. The molecule has 0 unspecified atom stereocenters. The highest BCUT2D eigenvalue weighted by Crippen LogP contribution is 2.23. The summed E-state index contributed by atoms with van der Waals surface area (Å²) in [6.45, 7) is 3.84. The molecule has 1 heterocycles. The van der Waals surface area contributed by atoms with E-state index in [-0.39, 0.29) is 5.91 Å². The lowest BCUT2D eigenvalue weighted by Gasteiger charge is -2.08.